The van der Waals surface area contributed by atoms with Crippen molar-refractivity contribution in [1.82, 2.24) is 10.3 Å². The van der Waals surface area contributed by atoms with Gasteiger partial charge in [0.15, 0.2) is 0 Å². The topological polar surface area (TPSA) is 45.2 Å². The van der Waals surface area contributed by atoms with Gasteiger partial charge in [-0.1, -0.05) is 20.8 Å². The van der Waals surface area contributed by atoms with Gasteiger partial charge in [-0.15, -0.1) is 11.3 Å². The first-order chi connectivity index (χ1) is 7.38. The summed E-state index contributed by atoms with van der Waals surface area (Å²) in [7, 11) is 0. The number of thiazole rings is 1. The summed E-state index contributed by atoms with van der Waals surface area (Å²) < 4.78 is 0. The molecule has 0 spiro atoms. The van der Waals surface area contributed by atoms with Gasteiger partial charge in [0.25, 0.3) is 0 Å². The van der Waals surface area contributed by atoms with E-state index in [9.17, 15) is 5.11 Å². The van der Waals surface area contributed by atoms with Crippen molar-refractivity contribution in [2.24, 2.45) is 5.41 Å². The van der Waals surface area contributed by atoms with E-state index >= 15 is 0 Å². The zero-order valence-corrected chi connectivity index (χ0v) is 11.4. The number of hydrogen-bond donors (Lipinski definition) is 2. The van der Waals surface area contributed by atoms with Crippen LogP contribution in [-0.4, -0.2) is 22.7 Å². The van der Waals surface area contributed by atoms with Gasteiger partial charge >= 0.3 is 0 Å². The lowest BCUT2D eigenvalue weighted by Crippen LogP contribution is -2.29. The Kier molecular flexibility index (Phi) is 4.89. The lowest BCUT2D eigenvalue weighted by atomic mass is 9.89. The lowest BCUT2D eigenvalue weighted by Gasteiger charge is -2.22. The van der Waals surface area contributed by atoms with Crippen LogP contribution in [0.1, 0.15) is 37.8 Å². The van der Waals surface area contributed by atoms with E-state index in [0.717, 1.165) is 18.7 Å². The van der Waals surface area contributed by atoms with E-state index in [0.29, 0.717) is 6.54 Å². The standard InChI is InChI=1S/C12H22N2OS/c1-9-11(16-8-14-9)7-13-6-10(15)5-12(2,3)4/h8,10,13,15H,5-7H2,1-4H3. The van der Waals surface area contributed by atoms with Crippen molar-refractivity contribution in [3.63, 3.8) is 0 Å². The quantitative estimate of drug-likeness (QED) is 0.833. The molecule has 1 aromatic heterocycles. The van der Waals surface area contributed by atoms with Crippen LogP contribution >= 0.6 is 11.3 Å². The normalized spacial score (nSPS) is 14.1. The predicted molar refractivity (Wildman–Crippen MR) is 68.6 cm³/mol. The zero-order chi connectivity index (χ0) is 12.2. The minimum atomic E-state index is -0.270. The second-order valence-corrected chi connectivity index (χ2v) is 6.35. The summed E-state index contributed by atoms with van der Waals surface area (Å²) in [4.78, 5) is 5.44. The van der Waals surface area contributed by atoms with Crippen molar-refractivity contribution in [2.75, 3.05) is 6.54 Å². The summed E-state index contributed by atoms with van der Waals surface area (Å²) in [6, 6.07) is 0. The van der Waals surface area contributed by atoms with Crippen molar-refractivity contribution in [2.45, 2.75) is 46.8 Å². The molecule has 1 heterocycles. The lowest BCUT2D eigenvalue weighted by molar-refractivity contribution is 0.119. The van der Waals surface area contributed by atoms with Gasteiger partial charge in [0, 0.05) is 18.0 Å². The van der Waals surface area contributed by atoms with Crippen LogP contribution in [0.5, 0.6) is 0 Å². The van der Waals surface area contributed by atoms with Crippen LogP contribution in [0.2, 0.25) is 0 Å². The first-order valence-electron chi connectivity index (χ1n) is 5.66. The van der Waals surface area contributed by atoms with Gasteiger partial charge in [0.05, 0.1) is 17.3 Å². The second kappa shape index (κ2) is 5.75. The van der Waals surface area contributed by atoms with Crippen LogP contribution in [0.15, 0.2) is 5.51 Å². The number of aliphatic hydroxyl groups is 1. The molecule has 92 valence electrons. The van der Waals surface area contributed by atoms with E-state index in [1.54, 1.807) is 11.3 Å². The molecule has 0 amide bonds. The highest BCUT2D eigenvalue weighted by Crippen LogP contribution is 2.20. The molecule has 0 saturated heterocycles. The molecule has 0 bridgehead atoms. The van der Waals surface area contributed by atoms with Crippen molar-refractivity contribution < 1.29 is 5.11 Å². The maximum atomic E-state index is 9.81. The van der Waals surface area contributed by atoms with Gasteiger partial charge in [-0.2, -0.15) is 0 Å². The van der Waals surface area contributed by atoms with Crippen LogP contribution in [0.4, 0.5) is 0 Å². The fourth-order valence-electron chi connectivity index (χ4n) is 1.63. The van der Waals surface area contributed by atoms with E-state index in [2.05, 4.69) is 31.1 Å². The fraction of sp³-hybridized carbons (Fsp3) is 0.750. The number of aliphatic hydroxyl groups excluding tert-OH is 1. The molecule has 1 aromatic rings. The van der Waals surface area contributed by atoms with Crippen LogP contribution in [0, 0.1) is 12.3 Å². The Labute approximate surface area is 102 Å². The maximum Gasteiger partial charge on any atom is 0.0798 e. The van der Waals surface area contributed by atoms with Gasteiger partial charge in [-0.25, -0.2) is 4.98 Å². The molecule has 0 aliphatic heterocycles. The highest BCUT2D eigenvalue weighted by molar-refractivity contribution is 7.09. The molecule has 4 heteroatoms. The molecule has 2 N–H and O–H groups in total. The molecule has 0 saturated carbocycles. The summed E-state index contributed by atoms with van der Waals surface area (Å²) in [6.07, 6.45) is 0.551. The summed E-state index contributed by atoms with van der Waals surface area (Å²) in [5.41, 5.74) is 3.13. The van der Waals surface area contributed by atoms with Gasteiger partial charge in [0.2, 0.25) is 0 Å². The van der Waals surface area contributed by atoms with Crippen LogP contribution < -0.4 is 5.32 Å². The van der Waals surface area contributed by atoms with E-state index in [4.69, 9.17) is 0 Å². The average molecular weight is 242 g/mol. The number of aryl methyl sites for hydroxylation is 1. The van der Waals surface area contributed by atoms with Crippen LogP contribution in [-0.2, 0) is 6.54 Å². The third-order valence-corrected chi connectivity index (χ3v) is 3.29. The third-order valence-electron chi connectivity index (χ3n) is 2.36. The van der Waals surface area contributed by atoms with E-state index in [1.807, 2.05) is 12.4 Å². The van der Waals surface area contributed by atoms with Crippen molar-refractivity contribution in [3.05, 3.63) is 16.1 Å². The van der Waals surface area contributed by atoms with Gasteiger partial charge in [-0.3, -0.25) is 0 Å². The molecule has 0 aliphatic rings. The Morgan fingerprint density at radius 1 is 1.50 bits per heavy atom. The maximum absolute atomic E-state index is 9.81. The Bertz CT molecular complexity index is 317. The molecular formula is C12H22N2OS. The molecule has 1 atom stereocenters. The Morgan fingerprint density at radius 2 is 2.19 bits per heavy atom. The molecule has 0 aromatic carbocycles. The Hall–Kier alpha value is -0.450. The summed E-state index contributed by atoms with van der Waals surface area (Å²) in [5, 5.41) is 13.1. The van der Waals surface area contributed by atoms with Gasteiger partial charge in [-0.05, 0) is 18.8 Å². The van der Waals surface area contributed by atoms with Gasteiger partial charge in [0.1, 0.15) is 0 Å². The summed E-state index contributed by atoms with van der Waals surface area (Å²) in [5.74, 6) is 0. The van der Waals surface area contributed by atoms with E-state index in [1.165, 1.54) is 4.88 Å². The van der Waals surface area contributed by atoms with Crippen molar-refractivity contribution in [3.8, 4) is 0 Å². The van der Waals surface area contributed by atoms with Crippen molar-refractivity contribution >= 4 is 11.3 Å². The SMILES string of the molecule is Cc1ncsc1CNCC(O)CC(C)(C)C. The smallest absolute Gasteiger partial charge is 0.0798 e. The molecule has 1 unspecified atom stereocenters. The zero-order valence-electron chi connectivity index (χ0n) is 10.6. The first-order valence-corrected chi connectivity index (χ1v) is 6.54. The highest BCUT2D eigenvalue weighted by Gasteiger charge is 2.16. The van der Waals surface area contributed by atoms with E-state index < -0.39 is 0 Å². The largest absolute Gasteiger partial charge is 0.392 e. The molecule has 0 aliphatic carbocycles. The molecule has 3 nitrogen and oxygen atoms in total. The third kappa shape index (κ3) is 5.05. The Morgan fingerprint density at radius 3 is 2.69 bits per heavy atom. The molecular weight excluding hydrogens is 220 g/mol. The monoisotopic (exact) mass is 242 g/mol. The number of nitrogens with zero attached hydrogens (tertiary/aromatic N) is 1. The molecule has 1 rings (SSSR count). The second-order valence-electron chi connectivity index (χ2n) is 5.41. The number of hydrogen-bond acceptors (Lipinski definition) is 4. The summed E-state index contributed by atoms with van der Waals surface area (Å²) >= 11 is 1.66. The van der Waals surface area contributed by atoms with Crippen molar-refractivity contribution in [1.29, 1.82) is 0 Å². The minimum Gasteiger partial charge on any atom is -0.392 e. The van der Waals surface area contributed by atoms with E-state index in [-0.39, 0.29) is 11.5 Å². The molecule has 0 radical (unpaired) electrons. The van der Waals surface area contributed by atoms with Crippen LogP contribution in [0.3, 0.4) is 0 Å². The fourth-order valence-corrected chi connectivity index (χ4v) is 2.37. The molecule has 0 fully saturated rings. The predicted octanol–water partition coefficient (Wildman–Crippen LogP) is 2.34. The van der Waals surface area contributed by atoms with Crippen LogP contribution in [0.25, 0.3) is 0 Å². The highest BCUT2D eigenvalue weighted by atomic mass is 32.1. The number of aromatic nitrogens is 1. The average Bonchev–Trinajstić information content (AvgIpc) is 2.48. The number of nitrogens with one attached hydrogen (secondary N) is 1. The minimum absolute atomic E-state index is 0.182. The molecule has 16 heavy (non-hydrogen) atoms. The Balaban J connectivity index is 2.23. The summed E-state index contributed by atoms with van der Waals surface area (Å²) in [6.45, 7) is 9.89. The van der Waals surface area contributed by atoms with Gasteiger partial charge < -0.3 is 10.4 Å². The first kappa shape index (κ1) is 13.6. The number of rotatable bonds is 5.